The zero-order chi connectivity index (χ0) is 18.6. The number of fused-ring (bicyclic) bond motifs is 1. The Morgan fingerprint density at radius 2 is 1.54 bits per heavy atom. The molecule has 0 bridgehead atoms. The van der Waals surface area contributed by atoms with Gasteiger partial charge in [-0.1, -0.05) is 82.2 Å². The molecule has 0 heterocycles. The SMILES string of the molecule is CCCCCCCCCC/C=C/c1ccc2cc(C(=O)OC)ccc2c1. The van der Waals surface area contributed by atoms with E-state index in [0.29, 0.717) is 5.56 Å². The number of esters is 1. The van der Waals surface area contributed by atoms with E-state index < -0.39 is 0 Å². The van der Waals surface area contributed by atoms with E-state index in [1.165, 1.54) is 64.0 Å². The maximum absolute atomic E-state index is 11.6. The molecular weight excluding hydrogens is 320 g/mol. The Labute approximate surface area is 158 Å². The lowest BCUT2D eigenvalue weighted by Gasteiger charge is -2.03. The monoisotopic (exact) mass is 352 g/mol. The van der Waals surface area contributed by atoms with Gasteiger partial charge in [0.1, 0.15) is 0 Å². The molecule has 26 heavy (non-hydrogen) atoms. The summed E-state index contributed by atoms with van der Waals surface area (Å²) in [6.07, 6.45) is 16.5. The maximum atomic E-state index is 11.6. The molecule has 0 aliphatic heterocycles. The zero-order valence-electron chi connectivity index (χ0n) is 16.3. The average Bonchev–Trinajstić information content (AvgIpc) is 2.68. The van der Waals surface area contributed by atoms with Crippen LogP contribution in [-0.2, 0) is 4.74 Å². The summed E-state index contributed by atoms with van der Waals surface area (Å²) in [4.78, 5) is 11.6. The molecule has 2 aromatic carbocycles. The lowest BCUT2D eigenvalue weighted by Crippen LogP contribution is -2.00. The highest BCUT2D eigenvalue weighted by Crippen LogP contribution is 2.19. The second kappa shape index (κ2) is 11.5. The lowest BCUT2D eigenvalue weighted by molar-refractivity contribution is 0.0601. The molecule has 0 radical (unpaired) electrons. The van der Waals surface area contributed by atoms with E-state index >= 15 is 0 Å². The summed E-state index contributed by atoms with van der Waals surface area (Å²) in [5.41, 5.74) is 1.81. The third-order valence-corrected chi connectivity index (χ3v) is 4.82. The number of allylic oxidation sites excluding steroid dienone is 1. The minimum atomic E-state index is -0.291. The van der Waals surface area contributed by atoms with Crippen LogP contribution in [-0.4, -0.2) is 13.1 Å². The molecule has 0 saturated carbocycles. The topological polar surface area (TPSA) is 26.3 Å². The smallest absolute Gasteiger partial charge is 0.337 e. The van der Waals surface area contributed by atoms with Gasteiger partial charge in [-0.2, -0.15) is 0 Å². The first kappa shape index (κ1) is 20.2. The van der Waals surface area contributed by atoms with Crippen molar-refractivity contribution in [3.8, 4) is 0 Å². The van der Waals surface area contributed by atoms with E-state index in [1.54, 1.807) is 0 Å². The summed E-state index contributed by atoms with van der Waals surface area (Å²) in [5.74, 6) is -0.291. The predicted octanol–water partition coefficient (Wildman–Crippen LogP) is 7.17. The second-order valence-electron chi connectivity index (χ2n) is 6.98. The van der Waals surface area contributed by atoms with Gasteiger partial charge in [0.25, 0.3) is 0 Å². The van der Waals surface area contributed by atoms with Crippen molar-refractivity contribution in [3.05, 3.63) is 53.6 Å². The Bertz CT molecular complexity index is 715. The number of hydrogen-bond donors (Lipinski definition) is 0. The first-order valence-corrected chi connectivity index (χ1v) is 10.0. The van der Waals surface area contributed by atoms with Gasteiger partial charge in [0.05, 0.1) is 12.7 Å². The first-order chi connectivity index (χ1) is 12.7. The Hall–Kier alpha value is -2.09. The fourth-order valence-electron chi connectivity index (χ4n) is 3.23. The molecule has 0 saturated heterocycles. The third kappa shape index (κ3) is 6.67. The van der Waals surface area contributed by atoms with Crippen LogP contribution in [0.25, 0.3) is 16.8 Å². The number of benzene rings is 2. The van der Waals surface area contributed by atoms with Gasteiger partial charge in [-0.25, -0.2) is 4.79 Å². The van der Waals surface area contributed by atoms with Crippen molar-refractivity contribution >= 4 is 22.8 Å². The standard InChI is InChI=1S/C24H32O2/c1-3-4-5-6-7-8-9-10-11-12-13-20-14-15-22-19-23(24(25)26-2)17-16-21(22)18-20/h12-19H,3-11H2,1-2H3/b13-12+. The minimum absolute atomic E-state index is 0.291. The van der Waals surface area contributed by atoms with Crippen molar-refractivity contribution in [3.63, 3.8) is 0 Å². The van der Waals surface area contributed by atoms with Crippen LogP contribution >= 0.6 is 0 Å². The van der Waals surface area contributed by atoms with Gasteiger partial charge >= 0.3 is 5.97 Å². The molecule has 0 amide bonds. The van der Waals surface area contributed by atoms with E-state index in [0.717, 1.165) is 17.2 Å². The van der Waals surface area contributed by atoms with Gasteiger partial charge in [0.15, 0.2) is 0 Å². The van der Waals surface area contributed by atoms with E-state index in [4.69, 9.17) is 4.74 Å². The average molecular weight is 353 g/mol. The summed E-state index contributed by atoms with van der Waals surface area (Å²) in [5, 5.41) is 2.21. The number of rotatable bonds is 11. The molecule has 2 heteroatoms. The first-order valence-electron chi connectivity index (χ1n) is 10.0. The molecule has 0 atom stereocenters. The Kier molecular flexibility index (Phi) is 8.95. The molecule has 0 aliphatic rings. The molecular formula is C24H32O2. The Balaban J connectivity index is 1.76. The molecule has 2 aromatic rings. The molecule has 0 N–H and O–H groups in total. The van der Waals surface area contributed by atoms with E-state index in [-0.39, 0.29) is 5.97 Å². The highest BCUT2D eigenvalue weighted by Gasteiger charge is 2.05. The number of unbranched alkanes of at least 4 members (excludes halogenated alkanes) is 8. The number of carbonyl (C=O) groups excluding carboxylic acids is 1. The fraction of sp³-hybridized carbons (Fsp3) is 0.458. The van der Waals surface area contributed by atoms with Gasteiger partial charge in [-0.3, -0.25) is 0 Å². The Morgan fingerprint density at radius 3 is 2.27 bits per heavy atom. The Morgan fingerprint density at radius 1 is 0.885 bits per heavy atom. The third-order valence-electron chi connectivity index (χ3n) is 4.82. The molecule has 0 spiro atoms. The lowest BCUT2D eigenvalue weighted by atomic mass is 10.0. The normalized spacial score (nSPS) is 11.3. The number of methoxy groups -OCH3 is 1. The molecule has 2 rings (SSSR count). The summed E-state index contributed by atoms with van der Waals surface area (Å²) in [6, 6.07) is 12.0. The number of carbonyl (C=O) groups is 1. The van der Waals surface area contributed by atoms with Crippen LogP contribution in [0.1, 0.15) is 80.6 Å². The van der Waals surface area contributed by atoms with E-state index in [9.17, 15) is 4.79 Å². The maximum Gasteiger partial charge on any atom is 0.337 e. The van der Waals surface area contributed by atoms with Gasteiger partial charge in [-0.15, -0.1) is 0 Å². The number of ether oxygens (including phenoxy) is 1. The molecule has 0 aliphatic carbocycles. The van der Waals surface area contributed by atoms with Crippen LogP contribution in [0.5, 0.6) is 0 Å². The fourth-order valence-corrected chi connectivity index (χ4v) is 3.23. The summed E-state index contributed by atoms with van der Waals surface area (Å²) < 4.78 is 4.78. The van der Waals surface area contributed by atoms with Crippen molar-refractivity contribution in [1.82, 2.24) is 0 Å². The van der Waals surface area contributed by atoms with Crippen LogP contribution in [0, 0.1) is 0 Å². The van der Waals surface area contributed by atoms with Crippen LogP contribution < -0.4 is 0 Å². The minimum Gasteiger partial charge on any atom is -0.465 e. The summed E-state index contributed by atoms with van der Waals surface area (Å²) in [6.45, 7) is 2.27. The van der Waals surface area contributed by atoms with Gasteiger partial charge in [0.2, 0.25) is 0 Å². The summed E-state index contributed by atoms with van der Waals surface area (Å²) in [7, 11) is 1.41. The van der Waals surface area contributed by atoms with Crippen molar-refractivity contribution in [1.29, 1.82) is 0 Å². The predicted molar refractivity (Wildman–Crippen MR) is 112 cm³/mol. The van der Waals surface area contributed by atoms with Crippen molar-refractivity contribution < 1.29 is 9.53 Å². The zero-order valence-corrected chi connectivity index (χ0v) is 16.3. The van der Waals surface area contributed by atoms with E-state index in [2.05, 4.69) is 37.3 Å². The largest absolute Gasteiger partial charge is 0.465 e. The van der Waals surface area contributed by atoms with Crippen molar-refractivity contribution in [2.75, 3.05) is 7.11 Å². The summed E-state index contributed by atoms with van der Waals surface area (Å²) >= 11 is 0. The van der Waals surface area contributed by atoms with Crippen molar-refractivity contribution in [2.24, 2.45) is 0 Å². The van der Waals surface area contributed by atoms with Crippen LogP contribution in [0.15, 0.2) is 42.5 Å². The quantitative estimate of drug-likeness (QED) is 0.316. The second-order valence-corrected chi connectivity index (χ2v) is 6.98. The molecule has 0 unspecified atom stereocenters. The molecule has 2 nitrogen and oxygen atoms in total. The highest BCUT2D eigenvalue weighted by atomic mass is 16.5. The van der Waals surface area contributed by atoms with Crippen LogP contribution in [0.4, 0.5) is 0 Å². The van der Waals surface area contributed by atoms with E-state index in [1.807, 2.05) is 18.2 Å². The van der Waals surface area contributed by atoms with Crippen LogP contribution in [0.2, 0.25) is 0 Å². The molecule has 0 fully saturated rings. The van der Waals surface area contributed by atoms with Gasteiger partial charge in [-0.05, 0) is 47.4 Å². The highest BCUT2D eigenvalue weighted by molar-refractivity contribution is 5.95. The number of hydrogen-bond acceptors (Lipinski definition) is 2. The van der Waals surface area contributed by atoms with Gasteiger partial charge < -0.3 is 4.74 Å². The van der Waals surface area contributed by atoms with Crippen LogP contribution in [0.3, 0.4) is 0 Å². The van der Waals surface area contributed by atoms with Crippen molar-refractivity contribution in [2.45, 2.75) is 64.7 Å². The molecule has 0 aromatic heterocycles. The molecule has 140 valence electrons. The van der Waals surface area contributed by atoms with Gasteiger partial charge in [0, 0.05) is 0 Å².